The molecule has 0 aromatic rings. The van der Waals surface area contributed by atoms with Crippen LogP contribution in [0.3, 0.4) is 0 Å². The summed E-state index contributed by atoms with van der Waals surface area (Å²) in [6.07, 6.45) is 6.50. The molecule has 3 fully saturated rings. The summed E-state index contributed by atoms with van der Waals surface area (Å²) in [7, 11) is 0. The van der Waals surface area contributed by atoms with Gasteiger partial charge in [-0.2, -0.15) is 11.8 Å². The lowest BCUT2D eigenvalue weighted by Crippen LogP contribution is -2.48. The molecule has 3 atom stereocenters. The summed E-state index contributed by atoms with van der Waals surface area (Å²) in [4.78, 5) is 2.63. The number of likely N-dealkylation sites (tertiary alicyclic amines) is 1. The minimum atomic E-state index is 0.221. The molecule has 0 bridgehead atoms. The van der Waals surface area contributed by atoms with Crippen molar-refractivity contribution in [2.45, 2.75) is 50.7 Å². The lowest BCUT2D eigenvalue weighted by Gasteiger charge is -2.38. The molecule has 0 amide bonds. The van der Waals surface area contributed by atoms with Crippen molar-refractivity contribution in [3.8, 4) is 0 Å². The van der Waals surface area contributed by atoms with Crippen molar-refractivity contribution in [1.29, 1.82) is 0 Å². The molecule has 0 aromatic carbocycles. The first-order chi connectivity index (χ1) is 9.76. The van der Waals surface area contributed by atoms with E-state index in [1.165, 1.54) is 69.8 Å². The third kappa shape index (κ3) is 3.90. The minimum absolute atomic E-state index is 0.221. The number of nitrogens with one attached hydrogen (secondary N) is 1. The molecule has 4 heteroatoms. The fourth-order valence-electron chi connectivity index (χ4n) is 3.90. The summed E-state index contributed by atoms with van der Waals surface area (Å²) in [6, 6.07) is 0.684. The van der Waals surface area contributed by atoms with Crippen molar-refractivity contribution in [3.05, 3.63) is 0 Å². The van der Waals surface area contributed by atoms with Gasteiger partial charge in [-0.05, 0) is 63.4 Å². The van der Waals surface area contributed by atoms with E-state index in [9.17, 15) is 0 Å². The van der Waals surface area contributed by atoms with Crippen LogP contribution in [0.2, 0.25) is 0 Å². The van der Waals surface area contributed by atoms with E-state index in [-0.39, 0.29) is 5.60 Å². The van der Waals surface area contributed by atoms with Gasteiger partial charge < -0.3 is 15.0 Å². The second kappa shape index (κ2) is 6.99. The summed E-state index contributed by atoms with van der Waals surface area (Å²) < 4.78 is 6.10. The smallest absolute Gasteiger partial charge is 0.0795 e. The summed E-state index contributed by atoms with van der Waals surface area (Å²) in [5.41, 5.74) is 0.221. The highest BCUT2D eigenvalue weighted by Gasteiger charge is 2.40. The van der Waals surface area contributed by atoms with Crippen molar-refractivity contribution in [2.75, 3.05) is 44.3 Å². The summed E-state index contributed by atoms with van der Waals surface area (Å²) >= 11 is 2.07. The molecule has 0 saturated carbocycles. The van der Waals surface area contributed by atoms with E-state index >= 15 is 0 Å². The maximum atomic E-state index is 6.10. The van der Waals surface area contributed by atoms with Gasteiger partial charge in [-0.25, -0.2) is 0 Å². The van der Waals surface area contributed by atoms with Crippen LogP contribution in [0.5, 0.6) is 0 Å². The van der Waals surface area contributed by atoms with Crippen LogP contribution in [-0.2, 0) is 4.74 Å². The van der Waals surface area contributed by atoms with Gasteiger partial charge in [0.1, 0.15) is 0 Å². The maximum absolute atomic E-state index is 6.10. The molecule has 3 aliphatic rings. The molecule has 3 rings (SSSR count). The SMILES string of the molecule is CC(CNC1CCOC2(CCSC2)C1)CN1CCCC1. The lowest BCUT2D eigenvalue weighted by molar-refractivity contribution is -0.0704. The fourth-order valence-corrected chi connectivity index (χ4v) is 5.28. The normalized spacial score (nSPS) is 36.8. The molecule has 116 valence electrons. The first-order valence-electron chi connectivity index (χ1n) is 8.43. The molecule has 0 aliphatic carbocycles. The van der Waals surface area contributed by atoms with Crippen molar-refractivity contribution in [1.82, 2.24) is 10.2 Å². The van der Waals surface area contributed by atoms with Gasteiger partial charge in [-0.3, -0.25) is 0 Å². The Labute approximate surface area is 128 Å². The zero-order valence-corrected chi connectivity index (χ0v) is 13.7. The summed E-state index contributed by atoms with van der Waals surface area (Å²) in [6.45, 7) is 8.44. The van der Waals surface area contributed by atoms with Crippen LogP contribution >= 0.6 is 11.8 Å². The average molecular weight is 298 g/mol. The van der Waals surface area contributed by atoms with Gasteiger partial charge in [0, 0.05) is 24.9 Å². The second-order valence-corrected chi connectivity index (χ2v) is 8.15. The van der Waals surface area contributed by atoms with E-state index in [1.54, 1.807) is 0 Å². The van der Waals surface area contributed by atoms with E-state index in [4.69, 9.17) is 4.74 Å². The Morgan fingerprint density at radius 3 is 3.00 bits per heavy atom. The van der Waals surface area contributed by atoms with Crippen LogP contribution in [-0.4, -0.2) is 60.8 Å². The number of rotatable bonds is 5. The van der Waals surface area contributed by atoms with Crippen LogP contribution < -0.4 is 5.32 Å². The monoisotopic (exact) mass is 298 g/mol. The Kier molecular flexibility index (Phi) is 5.29. The quantitative estimate of drug-likeness (QED) is 0.842. The van der Waals surface area contributed by atoms with E-state index in [2.05, 4.69) is 28.9 Å². The zero-order chi connectivity index (χ0) is 13.8. The van der Waals surface area contributed by atoms with Gasteiger partial charge in [-0.1, -0.05) is 6.92 Å². The molecule has 3 nitrogen and oxygen atoms in total. The van der Waals surface area contributed by atoms with Crippen LogP contribution in [0.1, 0.15) is 39.0 Å². The van der Waals surface area contributed by atoms with Gasteiger partial charge in [0.2, 0.25) is 0 Å². The Bertz CT molecular complexity index is 301. The molecule has 3 unspecified atom stereocenters. The van der Waals surface area contributed by atoms with Gasteiger partial charge in [0.15, 0.2) is 0 Å². The number of ether oxygens (including phenoxy) is 1. The molecule has 3 heterocycles. The Morgan fingerprint density at radius 2 is 2.25 bits per heavy atom. The van der Waals surface area contributed by atoms with E-state index in [0.717, 1.165) is 12.5 Å². The number of hydrogen-bond acceptors (Lipinski definition) is 4. The predicted molar refractivity (Wildman–Crippen MR) is 86.5 cm³/mol. The third-order valence-electron chi connectivity index (χ3n) is 5.08. The van der Waals surface area contributed by atoms with Crippen molar-refractivity contribution >= 4 is 11.8 Å². The third-order valence-corrected chi connectivity index (χ3v) is 6.31. The predicted octanol–water partition coefficient (Wildman–Crippen LogP) is 2.36. The molecule has 0 radical (unpaired) electrons. The summed E-state index contributed by atoms with van der Waals surface area (Å²) in [5, 5.41) is 3.83. The molecule has 1 spiro atoms. The first kappa shape index (κ1) is 15.1. The topological polar surface area (TPSA) is 24.5 Å². The van der Waals surface area contributed by atoms with Gasteiger partial charge >= 0.3 is 0 Å². The lowest BCUT2D eigenvalue weighted by atomic mass is 9.89. The Hall–Kier alpha value is 0.230. The highest BCUT2D eigenvalue weighted by molar-refractivity contribution is 7.99. The molecule has 3 aliphatic heterocycles. The van der Waals surface area contributed by atoms with Crippen LogP contribution in [0, 0.1) is 5.92 Å². The number of hydrogen-bond donors (Lipinski definition) is 1. The molecule has 3 saturated heterocycles. The maximum Gasteiger partial charge on any atom is 0.0795 e. The van der Waals surface area contributed by atoms with E-state index < -0.39 is 0 Å². The fraction of sp³-hybridized carbons (Fsp3) is 1.00. The second-order valence-electron chi connectivity index (χ2n) is 7.04. The largest absolute Gasteiger partial charge is 0.374 e. The average Bonchev–Trinajstić information content (AvgIpc) is 3.09. The van der Waals surface area contributed by atoms with E-state index in [1.807, 2.05) is 0 Å². The molecular weight excluding hydrogens is 268 g/mol. The number of nitrogens with zero attached hydrogens (tertiary/aromatic N) is 1. The van der Waals surface area contributed by atoms with Crippen molar-refractivity contribution in [3.63, 3.8) is 0 Å². The standard InChI is InChI=1S/C16H30N2OS/c1-14(12-18-6-2-3-7-18)11-17-15-4-8-19-16(10-15)5-9-20-13-16/h14-15,17H,2-13H2,1H3. The van der Waals surface area contributed by atoms with Crippen LogP contribution in [0.4, 0.5) is 0 Å². The van der Waals surface area contributed by atoms with Crippen molar-refractivity contribution < 1.29 is 4.74 Å². The Morgan fingerprint density at radius 1 is 1.40 bits per heavy atom. The van der Waals surface area contributed by atoms with Gasteiger partial charge in [0.05, 0.1) is 5.60 Å². The van der Waals surface area contributed by atoms with Crippen molar-refractivity contribution in [2.24, 2.45) is 5.92 Å². The molecule has 1 N–H and O–H groups in total. The zero-order valence-electron chi connectivity index (χ0n) is 12.9. The first-order valence-corrected chi connectivity index (χ1v) is 9.59. The van der Waals surface area contributed by atoms with Crippen LogP contribution in [0.25, 0.3) is 0 Å². The minimum Gasteiger partial charge on any atom is -0.374 e. The highest BCUT2D eigenvalue weighted by atomic mass is 32.2. The number of thioether (sulfide) groups is 1. The van der Waals surface area contributed by atoms with Crippen LogP contribution in [0.15, 0.2) is 0 Å². The molecule has 20 heavy (non-hydrogen) atoms. The van der Waals surface area contributed by atoms with Gasteiger partial charge in [0.25, 0.3) is 0 Å². The molecular formula is C16H30N2OS. The molecule has 0 aromatic heterocycles. The van der Waals surface area contributed by atoms with E-state index in [0.29, 0.717) is 6.04 Å². The van der Waals surface area contributed by atoms with Gasteiger partial charge in [-0.15, -0.1) is 0 Å². The Balaban J connectivity index is 1.38. The summed E-state index contributed by atoms with van der Waals surface area (Å²) in [5.74, 6) is 3.27. The highest BCUT2D eigenvalue weighted by Crippen LogP contribution is 2.38.